The summed E-state index contributed by atoms with van der Waals surface area (Å²) in [6.45, 7) is 8.15. The fraction of sp³-hybridized carbons (Fsp3) is 1.00. The van der Waals surface area contributed by atoms with Crippen molar-refractivity contribution in [3.05, 3.63) is 0 Å². The predicted molar refractivity (Wildman–Crippen MR) is 73.9 cm³/mol. The predicted octanol–water partition coefficient (Wildman–Crippen LogP) is 2.73. The molecule has 2 unspecified atom stereocenters. The van der Waals surface area contributed by atoms with Crippen LogP contribution < -0.4 is 5.73 Å². The van der Waals surface area contributed by atoms with E-state index in [2.05, 4.69) is 25.8 Å². The third kappa shape index (κ3) is 3.45. The van der Waals surface area contributed by atoms with Crippen LogP contribution in [0.5, 0.6) is 0 Å². The monoisotopic (exact) mass is 238 g/mol. The topological polar surface area (TPSA) is 29.3 Å². The maximum Gasteiger partial charge on any atom is 0.00471 e. The van der Waals surface area contributed by atoms with Crippen molar-refractivity contribution >= 4 is 0 Å². The van der Waals surface area contributed by atoms with Gasteiger partial charge in [0.25, 0.3) is 0 Å². The van der Waals surface area contributed by atoms with E-state index in [0.29, 0.717) is 5.41 Å². The van der Waals surface area contributed by atoms with Gasteiger partial charge in [-0.05, 0) is 56.0 Å². The highest BCUT2D eigenvalue weighted by Crippen LogP contribution is 2.41. The van der Waals surface area contributed by atoms with Gasteiger partial charge in [0.1, 0.15) is 0 Å². The first kappa shape index (κ1) is 13.4. The minimum atomic E-state index is 0.430. The van der Waals surface area contributed by atoms with E-state index >= 15 is 0 Å². The van der Waals surface area contributed by atoms with E-state index in [9.17, 15) is 0 Å². The van der Waals surface area contributed by atoms with Crippen LogP contribution in [0.4, 0.5) is 0 Å². The van der Waals surface area contributed by atoms with Crippen molar-refractivity contribution in [1.29, 1.82) is 0 Å². The lowest BCUT2D eigenvalue weighted by molar-refractivity contribution is 0.105. The van der Waals surface area contributed by atoms with E-state index in [1.165, 1.54) is 45.2 Å². The van der Waals surface area contributed by atoms with Gasteiger partial charge in [0.15, 0.2) is 0 Å². The number of rotatable bonds is 5. The Morgan fingerprint density at radius 2 is 1.82 bits per heavy atom. The summed E-state index contributed by atoms with van der Waals surface area (Å²) < 4.78 is 0. The summed E-state index contributed by atoms with van der Waals surface area (Å²) in [4.78, 5) is 2.55. The first-order chi connectivity index (χ1) is 8.04. The van der Waals surface area contributed by atoms with Crippen LogP contribution >= 0.6 is 0 Å². The van der Waals surface area contributed by atoms with E-state index in [-0.39, 0.29) is 0 Å². The van der Waals surface area contributed by atoms with Crippen molar-refractivity contribution in [2.75, 3.05) is 26.7 Å². The third-order valence-corrected chi connectivity index (χ3v) is 5.20. The molecule has 2 N–H and O–H groups in total. The molecule has 2 atom stereocenters. The summed E-state index contributed by atoms with van der Waals surface area (Å²) in [6.07, 6.45) is 6.89. The Labute approximate surface area is 107 Å². The summed E-state index contributed by atoms with van der Waals surface area (Å²) in [6, 6.07) is 0. The van der Waals surface area contributed by atoms with Crippen molar-refractivity contribution < 1.29 is 0 Å². The number of hydrogen-bond donors (Lipinski definition) is 1. The van der Waals surface area contributed by atoms with Crippen molar-refractivity contribution in [2.45, 2.75) is 46.0 Å². The minimum absolute atomic E-state index is 0.430. The van der Waals surface area contributed by atoms with E-state index in [1.807, 2.05) is 0 Å². The first-order valence-electron chi connectivity index (χ1n) is 7.43. The molecule has 2 aliphatic rings. The van der Waals surface area contributed by atoms with Crippen LogP contribution in [0.25, 0.3) is 0 Å². The lowest BCUT2D eigenvalue weighted by Gasteiger charge is -2.41. The molecule has 0 radical (unpaired) electrons. The van der Waals surface area contributed by atoms with E-state index in [1.54, 1.807) is 0 Å². The van der Waals surface area contributed by atoms with E-state index in [0.717, 1.165) is 24.3 Å². The van der Waals surface area contributed by atoms with Gasteiger partial charge in [-0.1, -0.05) is 26.7 Å². The van der Waals surface area contributed by atoms with E-state index < -0.39 is 0 Å². The molecule has 2 rings (SSSR count). The molecule has 2 saturated carbocycles. The SMILES string of the molecule is CC1CCC(CN)(CN(C)CC2CC2C)CC1. The standard InChI is InChI=1S/C15H30N2/c1-12-4-6-15(10-16,7-5-12)11-17(3)9-14-8-13(14)2/h12-14H,4-11,16H2,1-3H3. The molecule has 0 amide bonds. The summed E-state index contributed by atoms with van der Waals surface area (Å²) >= 11 is 0. The van der Waals surface area contributed by atoms with Crippen LogP contribution in [0, 0.1) is 23.2 Å². The average Bonchev–Trinajstić information content (AvgIpc) is 2.98. The molecule has 2 aliphatic carbocycles. The van der Waals surface area contributed by atoms with Gasteiger partial charge < -0.3 is 10.6 Å². The average molecular weight is 238 g/mol. The highest BCUT2D eigenvalue weighted by atomic mass is 15.1. The number of nitrogens with two attached hydrogens (primary N) is 1. The molecule has 0 bridgehead atoms. The first-order valence-corrected chi connectivity index (χ1v) is 7.43. The molecule has 0 aliphatic heterocycles. The van der Waals surface area contributed by atoms with Crippen LogP contribution in [0.15, 0.2) is 0 Å². The number of nitrogens with zero attached hydrogens (tertiary/aromatic N) is 1. The van der Waals surface area contributed by atoms with Crippen molar-refractivity contribution in [3.63, 3.8) is 0 Å². The number of hydrogen-bond acceptors (Lipinski definition) is 2. The normalized spacial score (nSPS) is 41.8. The molecule has 0 aromatic carbocycles. The molecule has 0 spiro atoms. The lowest BCUT2D eigenvalue weighted by Crippen LogP contribution is -2.44. The van der Waals surface area contributed by atoms with Gasteiger partial charge in [0.05, 0.1) is 0 Å². The maximum absolute atomic E-state index is 6.08. The molecule has 100 valence electrons. The Bertz CT molecular complexity index is 243. The largest absolute Gasteiger partial charge is 0.330 e. The van der Waals surface area contributed by atoms with Crippen LogP contribution in [0.1, 0.15) is 46.0 Å². The molecule has 17 heavy (non-hydrogen) atoms. The van der Waals surface area contributed by atoms with Crippen LogP contribution in [0.2, 0.25) is 0 Å². The molecule has 0 aromatic heterocycles. The summed E-state index contributed by atoms with van der Waals surface area (Å²) in [7, 11) is 2.29. The van der Waals surface area contributed by atoms with Gasteiger partial charge in [-0.3, -0.25) is 0 Å². The molecule has 2 nitrogen and oxygen atoms in total. The Morgan fingerprint density at radius 3 is 2.29 bits per heavy atom. The lowest BCUT2D eigenvalue weighted by atomic mass is 9.70. The zero-order valence-corrected chi connectivity index (χ0v) is 11.9. The second-order valence-electron chi connectivity index (χ2n) is 7.06. The summed E-state index contributed by atoms with van der Waals surface area (Å²) in [5.74, 6) is 2.86. The van der Waals surface area contributed by atoms with Gasteiger partial charge >= 0.3 is 0 Å². The fourth-order valence-corrected chi connectivity index (χ4v) is 3.49. The smallest absolute Gasteiger partial charge is 0.00471 e. The molecule has 0 saturated heterocycles. The van der Waals surface area contributed by atoms with Crippen molar-refractivity contribution in [3.8, 4) is 0 Å². The van der Waals surface area contributed by atoms with Gasteiger partial charge in [-0.15, -0.1) is 0 Å². The van der Waals surface area contributed by atoms with Gasteiger partial charge in [-0.2, -0.15) is 0 Å². The van der Waals surface area contributed by atoms with Crippen LogP contribution in [-0.4, -0.2) is 31.6 Å². The second kappa shape index (κ2) is 5.27. The third-order valence-electron chi connectivity index (χ3n) is 5.20. The van der Waals surface area contributed by atoms with Crippen LogP contribution in [-0.2, 0) is 0 Å². The molecular formula is C15H30N2. The zero-order valence-electron chi connectivity index (χ0n) is 11.9. The van der Waals surface area contributed by atoms with Crippen LogP contribution in [0.3, 0.4) is 0 Å². The zero-order chi connectivity index (χ0) is 12.5. The van der Waals surface area contributed by atoms with Crippen molar-refractivity contribution in [2.24, 2.45) is 28.9 Å². The quantitative estimate of drug-likeness (QED) is 0.798. The minimum Gasteiger partial charge on any atom is -0.330 e. The summed E-state index contributed by atoms with van der Waals surface area (Å²) in [5, 5.41) is 0. The van der Waals surface area contributed by atoms with Gasteiger partial charge in [0, 0.05) is 13.1 Å². The Hall–Kier alpha value is -0.0800. The second-order valence-corrected chi connectivity index (χ2v) is 7.06. The molecule has 0 aromatic rings. The Balaban J connectivity index is 1.81. The highest BCUT2D eigenvalue weighted by Gasteiger charge is 2.37. The summed E-state index contributed by atoms with van der Waals surface area (Å²) in [5.41, 5.74) is 6.51. The van der Waals surface area contributed by atoms with Gasteiger partial charge in [0.2, 0.25) is 0 Å². The Kier molecular flexibility index (Phi) is 4.14. The van der Waals surface area contributed by atoms with E-state index in [4.69, 9.17) is 5.73 Å². The van der Waals surface area contributed by atoms with Gasteiger partial charge in [-0.25, -0.2) is 0 Å². The molecule has 2 fully saturated rings. The van der Waals surface area contributed by atoms with Crippen molar-refractivity contribution in [1.82, 2.24) is 4.90 Å². The Morgan fingerprint density at radius 1 is 1.24 bits per heavy atom. The maximum atomic E-state index is 6.08. The molecule has 2 heteroatoms. The highest BCUT2D eigenvalue weighted by molar-refractivity contribution is 4.90. The molecule has 0 heterocycles. The fourth-order valence-electron chi connectivity index (χ4n) is 3.49. The molecular weight excluding hydrogens is 208 g/mol.